The van der Waals surface area contributed by atoms with Gasteiger partial charge in [0.2, 0.25) is 0 Å². The zero-order valence-corrected chi connectivity index (χ0v) is 13.4. The van der Waals surface area contributed by atoms with Crippen molar-refractivity contribution in [3.05, 3.63) is 27.7 Å². The second-order valence-corrected chi connectivity index (χ2v) is 6.36. The molecule has 2 unspecified atom stereocenters. The number of nitrogens with zero attached hydrogens (tertiary/aromatic N) is 1. The largest absolute Gasteiger partial charge is 1.00 e. The van der Waals surface area contributed by atoms with Gasteiger partial charge in [-0.1, -0.05) is 37.0 Å². The molecule has 0 spiro atoms. The molecule has 0 radical (unpaired) electrons. The zero-order chi connectivity index (χ0) is 13.3. The van der Waals surface area contributed by atoms with E-state index in [0.29, 0.717) is 10.0 Å². The van der Waals surface area contributed by atoms with Crippen LogP contribution in [0.3, 0.4) is 0 Å². The molecule has 108 valence electrons. The van der Waals surface area contributed by atoms with Crippen molar-refractivity contribution in [2.24, 2.45) is 11.8 Å². The molecule has 1 N–H and O–H groups in total. The topological polar surface area (TPSA) is 23.5 Å². The molecule has 1 aliphatic rings. The van der Waals surface area contributed by atoms with Gasteiger partial charge in [0, 0.05) is 19.6 Å². The minimum Gasteiger partial charge on any atom is -1.00 e. The van der Waals surface area contributed by atoms with Crippen LogP contribution >= 0.6 is 23.2 Å². The average Bonchev–Trinajstić information content (AvgIpc) is 2.24. The number of aromatic hydroxyl groups is 1. The Morgan fingerprint density at radius 1 is 1.16 bits per heavy atom. The fourth-order valence-corrected chi connectivity index (χ4v) is 3.42. The van der Waals surface area contributed by atoms with Gasteiger partial charge in [0.1, 0.15) is 0 Å². The van der Waals surface area contributed by atoms with Crippen molar-refractivity contribution in [3.8, 4) is 5.75 Å². The van der Waals surface area contributed by atoms with Crippen molar-refractivity contribution in [1.82, 2.24) is 4.90 Å². The number of phenolic OH excluding ortho intramolecular Hbond substituents is 1. The van der Waals surface area contributed by atoms with E-state index >= 15 is 0 Å². The number of hydrogen-bond acceptors (Lipinski definition) is 2. The third-order valence-electron chi connectivity index (χ3n) is 3.43. The van der Waals surface area contributed by atoms with E-state index < -0.39 is 0 Å². The van der Waals surface area contributed by atoms with E-state index in [2.05, 4.69) is 18.7 Å². The van der Waals surface area contributed by atoms with Crippen molar-refractivity contribution in [2.75, 3.05) is 13.1 Å². The first-order valence-electron chi connectivity index (χ1n) is 6.35. The summed E-state index contributed by atoms with van der Waals surface area (Å²) in [6, 6.07) is 3.60. The summed E-state index contributed by atoms with van der Waals surface area (Å²) in [5.74, 6) is 1.44. The van der Waals surface area contributed by atoms with Crippen LogP contribution in [0.1, 0.15) is 25.8 Å². The summed E-state index contributed by atoms with van der Waals surface area (Å²) in [6.45, 7) is 7.65. The Kier molecular flexibility index (Phi) is 6.25. The van der Waals surface area contributed by atoms with Gasteiger partial charge in [-0.3, -0.25) is 4.90 Å². The van der Waals surface area contributed by atoms with Gasteiger partial charge in [-0.15, -0.1) is 0 Å². The van der Waals surface area contributed by atoms with Gasteiger partial charge in [0.15, 0.2) is 5.75 Å². The number of piperidine rings is 1. The lowest BCUT2D eigenvalue weighted by molar-refractivity contribution is -0.00000502. The van der Waals surface area contributed by atoms with E-state index in [1.807, 2.05) is 0 Å². The SMILES string of the molecule is CC1CC(C)CN(Cc2cc(Cl)c(O)c(Cl)c2)C1.[Cl-]. The van der Waals surface area contributed by atoms with Gasteiger partial charge < -0.3 is 17.5 Å². The van der Waals surface area contributed by atoms with Crippen LogP contribution in [0.2, 0.25) is 10.0 Å². The lowest BCUT2D eigenvalue weighted by Crippen LogP contribution is -3.00. The van der Waals surface area contributed by atoms with E-state index in [9.17, 15) is 5.11 Å². The number of phenols is 1. The van der Waals surface area contributed by atoms with Crippen LogP contribution in [0, 0.1) is 11.8 Å². The average molecular weight is 324 g/mol. The highest BCUT2D eigenvalue weighted by atomic mass is 35.5. The molecule has 0 bridgehead atoms. The lowest BCUT2D eigenvalue weighted by Gasteiger charge is -2.35. The van der Waals surface area contributed by atoms with E-state index in [-0.39, 0.29) is 18.2 Å². The highest BCUT2D eigenvalue weighted by Gasteiger charge is 2.22. The van der Waals surface area contributed by atoms with E-state index in [1.54, 1.807) is 12.1 Å². The van der Waals surface area contributed by atoms with Crippen LogP contribution in [-0.4, -0.2) is 23.1 Å². The van der Waals surface area contributed by atoms with Crippen molar-refractivity contribution in [2.45, 2.75) is 26.8 Å². The fraction of sp³-hybridized carbons (Fsp3) is 0.571. The number of halogens is 3. The Morgan fingerprint density at radius 2 is 1.63 bits per heavy atom. The summed E-state index contributed by atoms with van der Waals surface area (Å²) in [6.07, 6.45) is 1.30. The van der Waals surface area contributed by atoms with Crippen LogP contribution in [0.25, 0.3) is 0 Å². The van der Waals surface area contributed by atoms with Crippen LogP contribution in [0.4, 0.5) is 0 Å². The Balaban J connectivity index is 0.00000180. The lowest BCUT2D eigenvalue weighted by atomic mass is 9.91. The van der Waals surface area contributed by atoms with Gasteiger partial charge in [-0.25, -0.2) is 0 Å². The van der Waals surface area contributed by atoms with Crippen molar-refractivity contribution >= 4 is 23.2 Å². The summed E-state index contributed by atoms with van der Waals surface area (Å²) in [7, 11) is 0. The van der Waals surface area contributed by atoms with Crippen molar-refractivity contribution < 1.29 is 17.5 Å². The van der Waals surface area contributed by atoms with Crippen LogP contribution in [0.15, 0.2) is 12.1 Å². The van der Waals surface area contributed by atoms with Crippen molar-refractivity contribution in [3.63, 3.8) is 0 Å². The van der Waals surface area contributed by atoms with Gasteiger partial charge in [-0.05, 0) is 36.0 Å². The minimum absolute atomic E-state index is 0. The van der Waals surface area contributed by atoms with Crippen LogP contribution in [-0.2, 0) is 6.54 Å². The maximum atomic E-state index is 9.54. The summed E-state index contributed by atoms with van der Waals surface area (Å²) >= 11 is 11.9. The Bertz CT molecular complexity index is 406. The molecule has 2 nitrogen and oxygen atoms in total. The van der Waals surface area contributed by atoms with E-state index in [1.165, 1.54) is 6.42 Å². The first kappa shape index (κ1) is 16.9. The smallest absolute Gasteiger partial charge is 0.152 e. The molecule has 1 heterocycles. The molecule has 1 aromatic rings. The molecule has 1 aliphatic heterocycles. The zero-order valence-electron chi connectivity index (χ0n) is 11.2. The molecular weight excluding hydrogens is 305 g/mol. The maximum absolute atomic E-state index is 9.54. The second-order valence-electron chi connectivity index (χ2n) is 5.55. The number of hydrogen-bond donors (Lipinski definition) is 1. The number of rotatable bonds is 2. The van der Waals surface area contributed by atoms with Gasteiger partial charge in [0.05, 0.1) is 10.0 Å². The van der Waals surface area contributed by atoms with Gasteiger partial charge in [0.25, 0.3) is 0 Å². The molecule has 0 amide bonds. The summed E-state index contributed by atoms with van der Waals surface area (Å²) in [5, 5.41) is 10.2. The van der Waals surface area contributed by atoms with E-state index in [4.69, 9.17) is 23.2 Å². The predicted octanol–water partition coefficient (Wildman–Crippen LogP) is 1.18. The maximum Gasteiger partial charge on any atom is 0.152 e. The second kappa shape index (κ2) is 7.03. The Hall–Kier alpha value is -0.150. The molecule has 0 saturated carbocycles. The molecule has 1 saturated heterocycles. The molecule has 2 rings (SSSR count). The standard InChI is InChI=1S/C14H19Cl2NO.ClH/c1-9-3-10(2)7-17(6-9)8-11-4-12(15)14(18)13(16)5-11;/h4-5,9-10,18H,3,6-8H2,1-2H3;1H/p-1. The molecule has 1 fully saturated rings. The Labute approximate surface area is 131 Å². The molecule has 5 heteroatoms. The first-order valence-corrected chi connectivity index (χ1v) is 7.10. The third kappa shape index (κ3) is 4.42. The first-order chi connectivity index (χ1) is 8.45. The quantitative estimate of drug-likeness (QED) is 0.883. The molecule has 2 atom stereocenters. The summed E-state index contributed by atoms with van der Waals surface area (Å²) < 4.78 is 0. The molecular formula is C14H19Cl3NO-. The van der Waals surface area contributed by atoms with Crippen molar-refractivity contribution in [1.29, 1.82) is 0 Å². The normalized spacial score (nSPS) is 24.0. The third-order valence-corrected chi connectivity index (χ3v) is 4.00. The van der Waals surface area contributed by atoms with Crippen LogP contribution < -0.4 is 12.4 Å². The van der Waals surface area contributed by atoms with E-state index in [0.717, 1.165) is 37.0 Å². The number of likely N-dealkylation sites (tertiary alicyclic amines) is 1. The molecule has 19 heavy (non-hydrogen) atoms. The fourth-order valence-electron chi connectivity index (χ4n) is 2.89. The molecule has 0 aliphatic carbocycles. The van der Waals surface area contributed by atoms with Crippen LogP contribution in [0.5, 0.6) is 5.75 Å². The number of benzene rings is 1. The summed E-state index contributed by atoms with van der Waals surface area (Å²) in [5.41, 5.74) is 1.06. The predicted molar refractivity (Wildman–Crippen MR) is 76.3 cm³/mol. The highest BCUT2D eigenvalue weighted by molar-refractivity contribution is 6.37. The summed E-state index contributed by atoms with van der Waals surface area (Å²) in [4.78, 5) is 2.43. The van der Waals surface area contributed by atoms with Gasteiger partial charge >= 0.3 is 0 Å². The molecule has 1 aromatic carbocycles. The van der Waals surface area contributed by atoms with Gasteiger partial charge in [-0.2, -0.15) is 0 Å². The highest BCUT2D eigenvalue weighted by Crippen LogP contribution is 2.33. The minimum atomic E-state index is -0.0255. The molecule has 0 aromatic heterocycles. The Morgan fingerprint density at radius 3 is 2.11 bits per heavy atom. The monoisotopic (exact) mass is 322 g/mol.